The summed E-state index contributed by atoms with van der Waals surface area (Å²) in [6, 6.07) is 0. The Morgan fingerprint density at radius 2 is 2.09 bits per heavy atom. The van der Waals surface area contributed by atoms with E-state index in [2.05, 4.69) is 38.7 Å². The van der Waals surface area contributed by atoms with Crippen LogP contribution in [0.1, 0.15) is 27.2 Å². The van der Waals surface area contributed by atoms with Gasteiger partial charge in [-0.2, -0.15) is 0 Å². The summed E-state index contributed by atoms with van der Waals surface area (Å²) in [5.74, 6) is 0. The van der Waals surface area contributed by atoms with Gasteiger partial charge < -0.3 is 5.32 Å². The fourth-order valence-corrected chi connectivity index (χ4v) is 1.49. The molecule has 0 aromatic carbocycles. The zero-order chi connectivity index (χ0) is 8.43. The summed E-state index contributed by atoms with van der Waals surface area (Å²) >= 11 is 0. The first-order valence-corrected chi connectivity index (χ1v) is 3.99. The molecule has 1 N–H and O–H groups in total. The minimum atomic E-state index is 1.06. The summed E-state index contributed by atoms with van der Waals surface area (Å²) in [6.45, 7) is 10.3. The average molecular weight is 149 g/mol. The van der Waals surface area contributed by atoms with E-state index in [1.807, 2.05) is 0 Å². The van der Waals surface area contributed by atoms with Gasteiger partial charge in [-0.05, 0) is 37.5 Å². The highest BCUT2D eigenvalue weighted by Crippen LogP contribution is 2.21. The molecule has 0 aromatic heterocycles. The van der Waals surface area contributed by atoms with Gasteiger partial charge >= 0.3 is 0 Å². The van der Waals surface area contributed by atoms with Crippen LogP contribution in [0.25, 0.3) is 0 Å². The van der Waals surface area contributed by atoms with Crippen LogP contribution in [-0.4, -0.2) is 0 Å². The van der Waals surface area contributed by atoms with Crippen molar-refractivity contribution in [3.63, 3.8) is 0 Å². The predicted octanol–water partition coefficient (Wildman–Crippen LogP) is 2.73. The smallest absolute Gasteiger partial charge is 0.0343 e. The van der Waals surface area contributed by atoms with Gasteiger partial charge in [-0.1, -0.05) is 13.5 Å². The molecule has 1 aliphatic rings. The molecule has 1 rings (SSSR count). The maximum atomic E-state index is 3.96. The largest absolute Gasteiger partial charge is 0.359 e. The van der Waals surface area contributed by atoms with E-state index in [1.165, 1.54) is 16.8 Å². The van der Waals surface area contributed by atoms with Crippen LogP contribution in [0.4, 0.5) is 0 Å². The van der Waals surface area contributed by atoms with Gasteiger partial charge in [0.15, 0.2) is 0 Å². The van der Waals surface area contributed by atoms with Crippen LogP contribution in [0.5, 0.6) is 0 Å². The van der Waals surface area contributed by atoms with Crippen LogP contribution >= 0.6 is 0 Å². The van der Waals surface area contributed by atoms with E-state index in [1.54, 1.807) is 0 Å². The van der Waals surface area contributed by atoms with Crippen LogP contribution in [0.15, 0.2) is 35.2 Å². The highest BCUT2D eigenvalue weighted by atomic mass is 14.9. The second-order valence-electron chi connectivity index (χ2n) is 2.95. The summed E-state index contributed by atoms with van der Waals surface area (Å²) in [5, 5.41) is 3.22. The van der Waals surface area contributed by atoms with E-state index in [-0.39, 0.29) is 0 Å². The molecule has 1 nitrogen and oxygen atoms in total. The monoisotopic (exact) mass is 149 g/mol. The van der Waals surface area contributed by atoms with E-state index < -0.39 is 0 Å². The summed E-state index contributed by atoms with van der Waals surface area (Å²) in [5.41, 5.74) is 4.93. The summed E-state index contributed by atoms with van der Waals surface area (Å²) < 4.78 is 0. The molecule has 1 aliphatic heterocycles. The molecule has 0 unspecified atom stereocenters. The molecule has 0 aromatic rings. The first-order chi connectivity index (χ1) is 5.15. The molecule has 0 radical (unpaired) electrons. The number of hydrogen-bond acceptors (Lipinski definition) is 1. The zero-order valence-electron chi connectivity index (χ0n) is 7.49. The summed E-state index contributed by atoms with van der Waals surface area (Å²) in [4.78, 5) is 0. The van der Waals surface area contributed by atoms with Crippen molar-refractivity contribution < 1.29 is 0 Å². The van der Waals surface area contributed by atoms with Gasteiger partial charge in [0.2, 0.25) is 0 Å². The lowest BCUT2D eigenvalue weighted by Crippen LogP contribution is -2.16. The minimum Gasteiger partial charge on any atom is -0.359 e. The lowest BCUT2D eigenvalue weighted by atomic mass is 10.0. The van der Waals surface area contributed by atoms with Gasteiger partial charge in [-0.25, -0.2) is 0 Å². The Balaban J connectivity index is 3.02. The van der Waals surface area contributed by atoms with Crippen molar-refractivity contribution in [3.8, 4) is 0 Å². The molecule has 0 saturated heterocycles. The normalized spacial score (nSPS) is 18.1. The molecule has 0 spiro atoms. The van der Waals surface area contributed by atoms with Crippen molar-refractivity contribution in [3.05, 3.63) is 35.2 Å². The van der Waals surface area contributed by atoms with Gasteiger partial charge in [0.05, 0.1) is 0 Å². The van der Waals surface area contributed by atoms with Crippen LogP contribution in [0.2, 0.25) is 0 Å². The standard InChI is InChI=1S/C10H15N/c1-5-10-7(2)6-8(3)11-9(10)4/h6,11H,4-5H2,1-3H3. The van der Waals surface area contributed by atoms with E-state index in [0.717, 1.165) is 12.1 Å². The number of dihydropyridines is 1. The molecule has 0 fully saturated rings. The number of nitrogens with one attached hydrogen (secondary N) is 1. The molecule has 60 valence electrons. The Kier molecular flexibility index (Phi) is 2.18. The van der Waals surface area contributed by atoms with E-state index >= 15 is 0 Å². The van der Waals surface area contributed by atoms with Crippen molar-refractivity contribution in [2.45, 2.75) is 27.2 Å². The molecule has 0 atom stereocenters. The van der Waals surface area contributed by atoms with Gasteiger partial charge in [-0.3, -0.25) is 0 Å². The Bertz CT molecular complexity index is 244. The fourth-order valence-electron chi connectivity index (χ4n) is 1.49. The number of hydrogen-bond donors (Lipinski definition) is 1. The van der Waals surface area contributed by atoms with E-state index in [0.29, 0.717) is 0 Å². The number of rotatable bonds is 1. The first-order valence-electron chi connectivity index (χ1n) is 3.99. The second-order valence-corrected chi connectivity index (χ2v) is 2.95. The fraction of sp³-hybridized carbons (Fsp3) is 0.400. The Labute approximate surface area is 68.5 Å². The number of allylic oxidation sites excluding steroid dienone is 4. The van der Waals surface area contributed by atoms with Gasteiger partial charge in [0.1, 0.15) is 0 Å². The van der Waals surface area contributed by atoms with Crippen LogP contribution in [-0.2, 0) is 0 Å². The highest BCUT2D eigenvalue weighted by Gasteiger charge is 2.08. The molecule has 1 heterocycles. The Morgan fingerprint density at radius 3 is 2.55 bits per heavy atom. The molecule has 0 aliphatic carbocycles. The molecule has 0 bridgehead atoms. The molecule has 0 amide bonds. The quantitative estimate of drug-likeness (QED) is 0.604. The van der Waals surface area contributed by atoms with Crippen LogP contribution in [0.3, 0.4) is 0 Å². The van der Waals surface area contributed by atoms with Gasteiger partial charge in [0, 0.05) is 11.4 Å². The molecule has 0 saturated carbocycles. The van der Waals surface area contributed by atoms with Crippen molar-refractivity contribution >= 4 is 0 Å². The van der Waals surface area contributed by atoms with Crippen LogP contribution in [0, 0.1) is 0 Å². The van der Waals surface area contributed by atoms with Gasteiger partial charge in [0.25, 0.3) is 0 Å². The third-order valence-corrected chi connectivity index (χ3v) is 1.97. The van der Waals surface area contributed by atoms with Gasteiger partial charge in [-0.15, -0.1) is 0 Å². The molecular weight excluding hydrogens is 134 g/mol. The molecule has 11 heavy (non-hydrogen) atoms. The summed E-state index contributed by atoms with van der Waals surface area (Å²) in [6.07, 6.45) is 3.22. The molecular formula is C10H15N. The first kappa shape index (κ1) is 8.12. The lowest BCUT2D eigenvalue weighted by Gasteiger charge is -2.19. The van der Waals surface area contributed by atoms with E-state index in [4.69, 9.17) is 0 Å². The average Bonchev–Trinajstić information content (AvgIpc) is 1.85. The highest BCUT2D eigenvalue weighted by molar-refractivity contribution is 5.43. The predicted molar refractivity (Wildman–Crippen MR) is 49.0 cm³/mol. The van der Waals surface area contributed by atoms with Crippen molar-refractivity contribution in [1.82, 2.24) is 5.32 Å². The molecule has 1 heteroatoms. The minimum absolute atomic E-state index is 1.06. The van der Waals surface area contributed by atoms with Crippen molar-refractivity contribution in [2.24, 2.45) is 0 Å². The third kappa shape index (κ3) is 1.53. The lowest BCUT2D eigenvalue weighted by molar-refractivity contribution is 0.908. The van der Waals surface area contributed by atoms with Crippen molar-refractivity contribution in [2.75, 3.05) is 0 Å². The van der Waals surface area contributed by atoms with Crippen molar-refractivity contribution in [1.29, 1.82) is 0 Å². The maximum absolute atomic E-state index is 3.96. The SMILES string of the molecule is C=C1NC(C)=CC(C)=C1CC. The Morgan fingerprint density at radius 1 is 1.45 bits per heavy atom. The zero-order valence-corrected chi connectivity index (χ0v) is 7.49. The van der Waals surface area contributed by atoms with E-state index in [9.17, 15) is 0 Å². The maximum Gasteiger partial charge on any atom is 0.0343 e. The second kappa shape index (κ2) is 2.95. The topological polar surface area (TPSA) is 12.0 Å². The Hall–Kier alpha value is -0.980. The third-order valence-electron chi connectivity index (χ3n) is 1.97. The van der Waals surface area contributed by atoms with Crippen LogP contribution < -0.4 is 5.32 Å². The summed E-state index contributed by atoms with van der Waals surface area (Å²) in [7, 11) is 0.